The van der Waals surface area contributed by atoms with Crippen molar-refractivity contribution in [1.82, 2.24) is 4.57 Å². The van der Waals surface area contributed by atoms with Crippen molar-refractivity contribution in [3.05, 3.63) is 148 Å². The van der Waals surface area contributed by atoms with Gasteiger partial charge in [0.15, 0.2) is 0 Å². The first-order valence-corrected chi connectivity index (χ1v) is 18.8. The highest BCUT2D eigenvalue weighted by atomic mass is 15.0. The molecule has 0 saturated carbocycles. The summed E-state index contributed by atoms with van der Waals surface area (Å²) in [7, 11) is 0. The molecular weight excluding hydrogens is 605 g/mol. The highest BCUT2D eigenvalue weighted by Gasteiger charge is 2.14. The van der Waals surface area contributed by atoms with E-state index in [0.717, 1.165) is 12.8 Å². The molecule has 0 spiro atoms. The summed E-state index contributed by atoms with van der Waals surface area (Å²) in [6, 6.07) is 40.5. The van der Waals surface area contributed by atoms with Crippen LogP contribution in [0.1, 0.15) is 104 Å². The molecule has 0 bridgehead atoms. The van der Waals surface area contributed by atoms with E-state index in [4.69, 9.17) is 0 Å². The summed E-state index contributed by atoms with van der Waals surface area (Å²) in [5.41, 5.74) is 12.6. The van der Waals surface area contributed by atoms with E-state index >= 15 is 0 Å². The maximum atomic E-state index is 3.96. The average molecular weight is 657 g/mol. The van der Waals surface area contributed by atoms with E-state index in [1.807, 2.05) is 0 Å². The Labute approximate surface area is 299 Å². The predicted octanol–water partition coefficient (Wildman–Crippen LogP) is 13.6. The zero-order valence-corrected chi connectivity index (χ0v) is 30.1. The fourth-order valence-electron chi connectivity index (χ4n) is 6.92. The molecule has 5 aromatic carbocycles. The van der Waals surface area contributed by atoms with Crippen molar-refractivity contribution in [2.75, 3.05) is 0 Å². The molecule has 50 heavy (non-hydrogen) atoms. The summed E-state index contributed by atoms with van der Waals surface area (Å²) in [6.07, 6.45) is 21.4. The van der Waals surface area contributed by atoms with Crippen LogP contribution in [0.4, 0.5) is 0 Å². The van der Waals surface area contributed by atoms with Gasteiger partial charge in [0, 0.05) is 16.5 Å². The maximum absolute atomic E-state index is 3.96. The van der Waals surface area contributed by atoms with Gasteiger partial charge in [-0.3, -0.25) is 4.99 Å². The van der Waals surface area contributed by atoms with Crippen LogP contribution < -0.4 is 0 Å². The third-order valence-electron chi connectivity index (χ3n) is 9.83. The Hall–Kier alpha value is -4.95. The third kappa shape index (κ3) is 8.98. The van der Waals surface area contributed by atoms with Gasteiger partial charge >= 0.3 is 0 Å². The highest BCUT2D eigenvalue weighted by molar-refractivity contribution is 6.09. The van der Waals surface area contributed by atoms with Crippen LogP contribution in [-0.2, 0) is 19.4 Å². The molecule has 6 rings (SSSR count). The van der Waals surface area contributed by atoms with E-state index in [9.17, 15) is 0 Å². The number of aromatic nitrogens is 1. The standard InChI is InChI=1S/C48H52N2/c1-4-6-8-10-12-41-28-32-47-45(34-41)46-35-42(13-11-9-7-5-2)29-33-48(46)50(47)44-30-26-40(27-31-44)21-20-38-16-14-37(15-17-38)18-19-39-22-24-43(25-23-39)36-49-3/h14-35H,3-13,36H2,1-2H3/b19-18+,21-20+. The lowest BCUT2D eigenvalue weighted by molar-refractivity contribution is 0.667. The molecule has 0 aliphatic rings. The van der Waals surface area contributed by atoms with Gasteiger partial charge in [-0.25, -0.2) is 0 Å². The van der Waals surface area contributed by atoms with Crippen LogP contribution in [0.5, 0.6) is 0 Å². The Balaban J connectivity index is 1.19. The lowest BCUT2D eigenvalue weighted by Gasteiger charge is -2.09. The molecule has 0 unspecified atom stereocenters. The van der Waals surface area contributed by atoms with Crippen molar-refractivity contribution in [1.29, 1.82) is 0 Å². The fourth-order valence-corrected chi connectivity index (χ4v) is 6.92. The van der Waals surface area contributed by atoms with Crippen LogP contribution in [0.3, 0.4) is 0 Å². The van der Waals surface area contributed by atoms with E-state index in [2.05, 4.69) is 164 Å². The van der Waals surface area contributed by atoms with Gasteiger partial charge < -0.3 is 4.57 Å². The molecule has 2 nitrogen and oxygen atoms in total. The van der Waals surface area contributed by atoms with Crippen LogP contribution in [-0.4, -0.2) is 11.3 Å². The number of hydrogen-bond donors (Lipinski definition) is 0. The number of benzene rings is 5. The van der Waals surface area contributed by atoms with Gasteiger partial charge in [-0.1, -0.05) is 149 Å². The van der Waals surface area contributed by atoms with Crippen LogP contribution in [0.15, 0.2) is 114 Å². The Morgan fingerprint density at radius 3 is 1.30 bits per heavy atom. The van der Waals surface area contributed by atoms with E-state index < -0.39 is 0 Å². The number of hydrogen-bond acceptors (Lipinski definition) is 1. The maximum Gasteiger partial charge on any atom is 0.0632 e. The second kappa shape index (κ2) is 17.6. The number of fused-ring (bicyclic) bond motifs is 3. The molecule has 0 atom stereocenters. The highest BCUT2D eigenvalue weighted by Crippen LogP contribution is 2.34. The van der Waals surface area contributed by atoms with Crippen molar-refractivity contribution in [3.63, 3.8) is 0 Å². The molecular formula is C48H52N2. The molecule has 0 radical (unpaired) electrons. The first-order valence-electron chi connectivity index (χ1n) is 18.8. The topological polar surface area (TPSA) is 17.3 Å². The summed E-state index contributed by atoms with van der Waals surface area (Å²) in [5, 5.41) is 2.76. The summed E-state index contributed by atoms with van der Waals surface area (Å²) in [5.74, 6) is 0. The number of unbranched alkanes of at least 4 members (excludes halogenated alkanes) is 6. The normalized spacial score (nSPS) is 11.8. The molecule has 0 saturated heterocycles. The van der Waals surface area contributed by atoms with Gasteiger partial charge in [-0.15, -0.1) is 0 Å². The number of aliphatic imine (C=N–C) groups is 1. The fraction of sp³-hybridized carbons (Fsp3) is 0.271. The first kappa shape index (κ1) is 34.9. The largest absolute Gasteiger partial charge is 0.309 e. The van der Waals surface area contributed by atoms with E-state index in [0.29, 0.717) is 6.54 Å². The monoisotopic (exact) mass is 656 g/mol. The Morgan fingerprint density at radius 2 is 0.880 bits per heavy atom. The zero-order chi connectivity index (χ0) is 34.5. The molecule has 1 heterocycles. The Morgan fingerprint density at radius 1 is 0.480 bits per heavy atom. The van der Waals surface area contributed by atoms with Crippen molar-refractivity contribution in [3.8, 4) is 5.69 Å². The molecule has 0 aliphatic heterocycles. The number of aryl methyl sites for hydroxylation is 2. The molecule has 0 fully saturated rings. The SMILES string of the molecule is C=NCc1ccc(/C=C/c2ccc(/C=C/c3ccc(-n4c5ccc(CCCCCC)cc5c5cc(CCCCCC)ccc54)cc3)cc2)cc1. The van der Waals surface area contributed by atoms with Crippen LogP contribution in [0.25, 0.3) is 51.8 Å². The zero-order valence-electron chi connectivity index (χ0n) is 30.1. The lowest BCUT2D eigenvalue weighted by Crippen LogP contribution is -1.94. The quantitative estimate of drug-likeness (QED) is 0.0528. The Kier molecular flexibility index (Phi) is 12.3. The summed E-state index contributed by atoms with van der Waals surface area (Å²) >= 11 is 0. The minimum atomic E-state index is 0.657. The van der Waals surface area contributed by atoms with Gasteiger partial charge in [-0.2, -0.15) is 0 Å². The minimum Gasteiger partial charge on any atom is -0.309 e. The first-order chi connectivity index (χ1) is 24.6. The van der Waals surface area contributed by atoms with Crippen LogP contribution in [0.2, 0.25) is 0 Å². The minimum absolute atomic E-state index is 0.657. The van der Waals surface area contributed by atoms with Crippen molar-refractivity contribution in [2.45, 2.75) is 84.6 Å². The third-order valence-corrected chi connectivity index (χ3v) is 9.83. The molecule has 2 heteroatoms. The number of rotatable bonds is 17. The van der Waals surface area contributed by atoms with Gasteiger partial charge in [0.2, 0.25) is 0 Å². The second-order valence-corrected chi connectivity index (χ2v) is 13.7. The molecule has 0 amide bonds. The van der Waals surface area contributed by atoms with E-state index in [-0.39, 0.29) is 0 Å². The van der Waals surface area contributed by atoms with E-state index in [1.165, 1.54) is 118 Å². The van der Waals surface area contributed by atoms with Crippen LogP contribution >= 0.6 is 0 Å². The molecule has 0 aliphatic carbocycles. The predicted molar refractivity (Wildman–Crippen MR) is 220 cm³/mol. The average Bonchev–Trinajstić information content (AvgIpc) is 3.48. The van der Waals surface area contributed by atoms with Crippen molar-refractivity contribution in [2.24, 2.45) is 4.99 Å². The molecule has 6 aromatic rings. The summed E-state index contributed by atoms with van der Waals surface area (Å²) < 4.78 is 2.46. The summed E-state index contributed by atoms with van der Waals surface area (Å²) in [6.45, 7) is 8.80. The van der Waals surface area contributed by atoms with Gasteiger partial charge in [-0.05, 0) is 108 Å². The smallest absolute Gasteiger partial charge is 0.0632 e. The van der Waals surface area contributed by atoms with Crippen LogP contribution in [0, 0.1) is 0 Å². The van der Waals surface area contributed by atoms with Crippen molar-refractivity contribution < 1.29 is 0 Å². The summed E-state index contributed by atoms with van der Waals surface area (Å²) in [4.78, 5) is 3.96. The van der Waals surface area contributed by atoms with E-state index in [1.54, 1.807) is 0 Å². The molecule has 1 aromatic heterocycles. The van der Waals surface area contributed by atoms with Gasteiger partial charge in [0.25, 0.3) is 0 Å². The van der Waals surface area contributed by atoms with Gasteiger partial charge in [0.1, 0.15) is 0 Å². The molecule has 0 N–H and O–H groups in total. The number of nitrogens with zero attached hydrogens (tertiary/aromatic N) is 2. The lowest BCUT2D eigenvalue weighted by atomic mass is 10.0. The Bertz CT molecular complexity index is 1970. The second-order valence-electron chi connectivity index (χ2n) is 13.7. The molecule has 254 valence electrons. The van der Waals surface area contributed by atoms with Crippen molar-refractivity contribution >= 4 is 52.8 Å². The van der Waals surface area contributed by atoms with Gasteiger partial charge in [0.05, 0.1) is 17.6 Å².